The molecule has 0 aliphatic heterocycles. The highest BCUT2D eigenvalue weighted by Crippen LogP contribution is 2.34. The van der Waals surface area contributed by atoms with Crippen molar-refractivity contribution in [3.8, 4) is 5.88 Å². The summed E-state index contributed by atoms with van der Waals surface area (Å²) in [6.07, 6.45) is 5.42. The Morgan fingerprint density at radius 1 is 1.39 bits per heavy atom. The van der Waals surface area contributed by atoms with Crippen molar-refractivity contribution in [3.05, 3.63) is 6.33 Å². The van der Waals surface area contributed by atoms with Gasteiger partial charge in [-0.05, 0) is 33.1 Å². The Morgan fingerprint density at radius 3 is 2.72 bits per heavy atom. The Kier molecular flexibility index (Phi) is 3.89. The van der Waals surface area contributed by atoms with Gasteiger partial charge in [0.2, 0.25) is 5.88 Å². The second-order valence-electron chi connectivity index (χ2n) is 5.33. The molecule has 0 radical (unpaired) electrons. The van der Waals surface area contributed by atoms with Crippen LogP contribution in [0.1, 0.15) is 40.0 Å². The Morgan fingerprint density at radius 2 is 2.11 bits per heavy atom. The van der Waals surface area contributed by atoms with Crippen molar-refractivity contribution < 1.29 is 4.74 Å². The number of rotatable bonds is 6. The first-order valence-corrected chi connectivity index (χ1v) is 6.60. The SMILES string of the molecule is CC(CC1CC1)Nc1ncnc(OC(C)C)c1N. The van der Waals surface area contributed by atoms with Crippen molar-refractivity contribution in [2.45, 2.75) is 52.2 Å². The molecule has 100 valence electrons. The van der Waals surface area contributed by atoms with Crippen molar-refractivity contribution in [1.29, 1.82) is 0 Å². The normalized spacial score (nSPS) is 16.7. The fourth-order valence-corrected chi connectivity index (χ4v) is 1.96. The van der Waals surface area contributed by atoms with E-state index in [4.69, 9.17) is 10.5 Å². The monoisotopic (exact) mass is 250 g/mol. The van der Waals surface area contributed by atoms with E-state index >= 15 is 0 Å². The molecule has 0 amide bonds. The van der Waals surface area contributed by atoms with Crippen LogP contribution < -0.4 is 15.8 Å². The summed E-state index contributed by atoms with van der Waals surface area (Å²) in [7, 11) is 0. The highest BCUT2D eigenvalue weighted by molar-refractivity contribution is 5.66. The lowest BCUT2D eigenvalue weighted by molar-refractivity contribution is 0.234. The van der Waals surface area contributed by atoms with Gasteiger partial charge in [0.25, 0.3) is 0 Å². The zero-order valence-electron chi connectivity index (χ0n) is 11.3. The summed E-state index contributed by atoms with van der Waals surface area (Å²) in [6, 6.07) is 0.376. The van der Waals surface area contributed by atoms with Gasteiger partial charge in [0.1, 0.15) is 12.0 Å². The molecule has 1 aromatic rings. The second kappa shape index (κ2) is 5.42. The number of aromatic nitrogens is 2. The smallest absolute Gasteiger partial charge is 0.242 e. The first-order chi connectivity index (χ1) is 8.56. The number of nitrogens with two attached hydrogens (primary N) is 1. The lowest BCUT2D eigenvalue weighted by atomic mass is 10.1. The van der Waals surface area contributed by atoms with Gasteiger partial charge >= 0.3 is 0 Å². The standard InChI is InChI=1S/C13H22N4O/c1-8(2)18-13-11(14)12(15-7-16-13)17-9(3)6-10-4-5-10/h7-10H,4-6,14H2,1-3H3,(H,15,16,17). The van der Waals surface area contributed by atoms with E-state index < -0.39 is 0 Å². The van der Waals surface area contributed by atoms with Crippen LogP contribution >= 0.6 is 0 Å². The van der Waals surface area contributed by atoms with Crippen LogP contribution in [-0.4, -0.2) is 22.1 Å². The molecule has 2 rings (SSSR count). The molecule has 1 atom stereocenters. The second-order valence-corrected chi connectivity index (χ2v) is 5.33. The fourth-order valence-electron chi connectivity index (χ4n) is 1.96. The van der Waals surface area contributed by atoms with Gasteiger partial charge in [-0.3, -0.25) is 0 Å². The summed E-state index contributed by atoms with van der Waals surface area (Å²) in [5.74, 6) is 2.01. The van der Waals surface area contributed by atoms with Crippen molar-refractivity contribution in [3.63, 3.8) is 0 Å². The van der Waals surface area contributed by atoms with Gasteiger partial charge in [-0.2, -0.15) is 4.98 Å². The average molecular weight is 250 g/mol. The minimum atomic E-state index is 0.0546. The summed E-state index contributed by atoms with van der Waals surface area (Å²) in [6.45, 7) is 6.05. The van der Waals surface area contributed by atoms with Gasteiger partial charge in [0, 0.05) is 6.04 Å². The molecular weight excluding hydrogens is 228 g/mol. The van der Waals surface area contributed by atoms with E-state index in [0.717, 1.165) is 5.92 Å². The number of nitrogens with one attached hydrogen (secondary N) is 1. The van der Waals surface area contributed by atoms with Crippen molar-refractivity contribution in [1.82, 2.24) is 9.97 Å². The molecule has 1 heterocycles. The highest BCUT2D eigenvalue weighted by atomic mass is 16.5. The fraction of sp³-hybridized carbons (Fsp3) is 0.692. The van der Waals surface area contributed by atoms with E-state index in [1.54, 1.807) is 0 Å². The summed E-state index contributed by atoms with van der Waals surface area (Å²) < 4.78 is 5.54. The highest BCUT2D eigenvalue weighted by Gasteiger charge is 2.24. The third kappa shape index (κ3) is 3.48. The minimum Gasteiger partial charge on any atom is -0.473 e. The molecule has 1 fully saturated rings. The lowest BCUT2D eigenvalue weighted by Crippen LogP contribution is -2.19. The zero-order chi connectivity index (χ0) is 13.1. The van der Waals surface area contributed by atoms with Gasteiger partial charge in [0.15, 0.2) is 5.82 Å². The van der Waals surface area contributed by atoms with Crippen LogP contribution in [0.15, 0.2) is 6.33 Å². The van der Waals surface area contributed by atoms with Gasteiger partial charge in [0.05, 0.1) is 6.10 Å². The molecule has 1 saturated carbocycles. The third-order valence-corrected chi connectivity index (χ3v) is 2.96. The first-order valence-electron chi connectivity index (χ1n) is 6.60. The van der Waals surface area contributed by atoms with Crippen LogP contribution in [0, 0.1) is 5.92 Å². The number of anilines is 2. The van der Waals surface area contributed by atoms with E-state index in [2.05, 4.69) is 22.2 Å². The zero-order valence-corrected chi connectivity index (χ0v) is 11.3. The van der Waals surface area contributed by atoms with Gasteiger partial charge in [-0.15, -0.1) is 0 Å². The van der Waals surface area contributed by atoms with Gasteiger partial charge < -0.3 is 15.8 Å². The average Bonchev–Trinajstić information content (AvgIpc) is 3.07. The van der Waals surface area contributed by atoms with Crippen LogP contribution in [0.25, 0.3) is 0 Å². The topological polar surface area (TPSA) is 73.1 Å². The van der Waals surface area contributed by atoms with Crippen molar-refractivity contribution in [2.75, 3.05) is 11.1 Å². The van der Waals surface area contributed by atoms with E-state index in [9.17, 15) is 0 Å². The number of nitrogens with zero attached hydrogens (tertiary/aromatic N) is 2. The number of nitrogen functional groups attached to an aromatic ring is 1. The van der Waals surface area contributed by atoms with Crippen molar-refractivity contribution in [2.24, 2.45) is 5.92 Å². The summed E-state index contributed by atoms with van der Waals surface area (Å²) in [5, 5.41) is 3.34. The molecule has 0 spiro atoms. The molecule has 1 unspecified atom stereocenters. The lowest BCUT2D eigenvalue weighted by Gasteiger charge is -2.17. The summed E-state index contributed by atoms with van der Waals surface area (Å²) in [4.78, 5) is 8.25. The predicted octanol–water partition coefficient (Wildman–Crippen LogP) is 2.45. The third-order valence-electron chi connectivity index (χ3n) is 2.96. The minimum absolute atomic E-state index is 0.0546. The van der Waals surface area contributed by atoms with E-state index in [1.807, 2.05) is 13.8 Å². The molecule has 3 N–H and O–H groups in total. The van der Waals surface area contributed by atoms with Crippen LogP contribution in [-0.2, 0) is 0 Å². The van der Waals surface area contributed by atoms with Gasteiger partial charge in [-0.1, -0.05) is 12.8 Å². The molecule has 1 aliphatic rings. The molecule has 18 heavy (non-hydrogen) atoms. The van der Waals surface area contributed by atoms with Crippen LogP contribution in [0.2, 0.25) is 0 Å². The van der Waals surface area contributed by atoms with Crippen LogP contribution in [0.5, 0.6) is 5.88 Å². The quantitative estimate of drug-likeness (QED) is 0.811. The van der Waals surface area contributed by atoms with E-state index in [-0.39, 0.29) is 6.10 Å². The number of ether oxygens (including phenoxy) is 1. The largest absolute Gasteiger partial charge is 0.473 e. The van der Waals surface area contributed by atoms with Crippen LogP contribution in [0.3, 0.4) is 0 Å². The Hall–Kier alpha value is -1.52. The van der Waals surface area contributed by atoms with E-state index in [1.165, 1.54) is 25.6 Å². The number of hydrogen-bond acceptors (Lipinski definition) is 5. The first kappa shape index (κ1) is 12.9. The Bertz CT molecular complexity index is 404. The van der Waals surface area contributed by atoms with Gasteiger partial charge in [-0.25, -0.2) is 4.98 Å². The Labute approximate surface area is 108 Å². The van der Waals surface area contributed by atoms with Crippen LogP contribution in [0.4, 0.5) is 11.5 Å². The molecule has 0 aromatic carbocycles. The maximum atomic E-state index is 6.01. The van der Waals surface area contributed by atoms with Crippen molar-refractivity contribution >= 4 is 11.5 Å². The predicted molar refractivity (Wildman–Crippen MR) is 72.6 cm³/mol. The molecule has 0 bridgehead atoms. The maximum absolute atomic E-state index is 6.01. The maximum Gasteiger partial charge on any atom is 0.242 e. The van der Waals surface area contributed by atoms with E-state index in [0.29, 0.717) is 23.4 Å². The molecule has 5 heteroatoms. The Balaban J connectivity index is 2.02. The summed E-state index contributed by atoms with van der Waals surface area (Å²) >= 11 is 0. The molecule has 0 saturated heterocycles. The molecule has 1 aromatic heterocycles. The molecular formula is C13H22N4O. The summed E-state index contributed by atoms with van der Waals surface area (Å²) in [5.41, 5.74) is 6.51. The molecule has 5 nitrogen and oxygen atoms in total. The molecule has 1 aliphatic carbocycles. The number of hydrogen-bond donors (Lipinski definition) is 2.